The lowest BCUT2D eigenvalue weighted by atomic mass is 10.1. The van der Waals surface area contributed by atoms with Gasteiger partial charge in [-0.2, -0.15) is 5.26 Å². The zero-order chi connectivity index (χ0) is 11.3. The minimum absolute atomic E-state index is 0.0488. The van der Waals surface area contributed by atoms with Gasteiger partial charge < -0.3 is 10.0 Å². The van der Waals surface area contributed by atoms with Crippen molar-refractivity contribution in [3.8, 4) is 6.07 Å². The molecule has 0 radical (unpaired) electrons. The molecule has 0 heterocycles. The van der Waals surface area contributed by atoms with Gasteiger partial charge in [-0.25, -0.2) is 0 Å². The summed E-state index contributed by atoms with van der Waals surface area (Å²) in [7, 11) is 1.89. The molecule has 0 saturated carbocycles. The van der Waals surface area contributed by atoms with E-state index in [0.717, 1.165) is 11.3 Å². The molecule has 3 nitrogen and oxygen atoms in total. The highest BCUT2D eigenvalue weighted by atomic mass is 35.5. The Hall–Kier alpha value is -1.24. The van der Waals surface area contributed by atoms with Crippen LogP contribution in [0.25, 0.3) is 0 Å². The van der Waals surface area contributed by atoms with Crippen molar-refractivity contribution in [2.45, 2.75) is 13.0 Å². The van der Waals surface area contributed by atoms with E-state index < -0.39 is 0 Å². The van der Waals surface area contributed by atoms with E-state index in [2.05, 4.69) is 6.07 Å². The van der Waals surface area contributed by atoms with Crippen LogP contribution in [0.1, 0.15) is 12.0 Å². The van der Waals surface area contributed by atoms with E-state index in [1.165, 1.54) is 0 Å². The second kappa shape index (κ2) is 5.59. The number of aliphatic hydroxyl groups is 1. The van der Waals surface area contributed by atoms with Crippen LogP contribution in [0, 0.1) is 11.3 Å². The number of aliphatic hydroxyl groups excluding tert-OH is 1. The predicted octanol–water partition coefficient (Wildman–Crippen LogP) is 2.18. The molecule has 4 heteroatoms. The second-order valence-electron chi connectivity index (χ2n) is 3.26. The molecule has 80 valence electrons. The van der Waals surface area contributed by atoms with Gasteiger partial charge >= 0.3 is 0 Å². The lowest BCUT2D eigenvalue weighted by Gasteiger charge is -2.20. The van der Waals surface area contributed by atoms with Crippen LogP contribution in [0.4, 0.5) is 5.69 Å². The zero-order valence-corrected chi connectivity index (χ0v) is 9.33. The number of hydrogen-bond donors (Lipinski definition) is 1. The van der Waals surface area contributed by atoms with E-state index in [-0.39, 0.29) is 6.61 Å². The van der Waals surface area contributed by atoms with Gasteiger partial charge in [0.1, 0.15) is 0 Å². The van der Waals surface area contributed by atoms with Crippen molar-refractivity contribution >= 4 is 17.3 Å². The molecule has 0 amide bonds. The summed E-state index contributed by atoms with van der Waals surface area (Å²) >= 11 is 5.82. The van der Waals surface area contributed by atoms with Crippen molar-refractivity contribution in [2.75, 3.05) is 18.5 Å². The highest BCUT2D eigenvalue weighted by molar-refractivity contribution is 6.30. The monoisotopic (exact) mass is 224 g/mol. The molecule has 0 atom stereocenters. The van der Waals surface area contributed by atoms with E-state index in [9.17, 15) is 0 Å². The summed E-state index contributed by atoms with van der Waals surface area (Å²) < 4.78 is 0. The molecule has 1 N–H and O–H groups in total. The standard InChI is InChI=1S/C11H13ClN2O/c1-14(6-2-5-13)11-4-3-10(12)7-9(11)8-15/h3-4,7,15H,2,6,8H2,1H3. The van der Waals surface area contributed by atoms with Gasteiger partial charge in [0.25, 0.3) is 0 Å². The first-order chi connectivity index (χ1) is 7.19. The number of rotatable bonds is 4. The predicted molar refractivity (Wildman–Crippen MR) is 60.9 cm³/mol. The highest BCUT2D eigenvalue weighted by Gasteiger charge is 2.06. The Kier molecular flexibility index (Phi) is 4.41. The van der Waals surface area contributed by atoms with Crippen LogP contribution in [-0.4, -0.2) is 18.7 Å². The van der Waals surface area contributed by atoms with Gasteiger partial charge in [-0.1, -0.05) is 11.6 Å². The quantitative estimate of drug-likeness (QED) is 0.853. The smallest absolute Gasteiger partial charge is 0.0702 e. The number of nitriles is 1. The summed E-state index contributed by atoms with van der Waals surface area (Å²) in [5.41, 5.74) is 1.69. The molecule has 1 aromatic carbocycles. The number of halogens is 1. The second-order valence-corrected chi connectivity index (χ2v) is 3.70. The fourth-order valence-electron chi connectivity index (χ4n) is 1.39. The first kappa shape index (κ1) is 11.8. The third-order valence-corrected chi connectivity index (χ3v) is 2.42. The van der Waals surface area contributed by atoms with Crippen molar-refractivity contribution in [3.63, 3.8) is 0 Å². The Bertz CT molecular complexity index is 373. The van der Waals surface area contributed by atoms with Crippen LogP contribution >= 0.6 is 11.6 Å². The summed E-state index contributed by atoms with van der Waals surface area (Å²) in [6, 6.07) is 7.45. The summed E-state index contributed by atoms with van der Waals surface area (Å²) in [5.74, 6) is 0. The first-order valence-electron chi connectivity index (χ1n) is 4.66. The molecule has 0 saturated heterocycles. The van der Waals surface area contributed by atoms with Crippen molar-refractivity contribution in [1.29, 1.82) is 5.26 Å². The van der Waals surface area contributed by atoms with Gasteiger partial charge in [-0.15, -0.1) is 0 Å². The average molecular weight is 225 g/mol. The number of anilines is 1. The van der Waals surface area contributed by atoms with Gasteiger partial charge in [-0.05, 0) is 18.2 Å². The first-order valence-corrected chi connectivity index (χ1v) is 5.04. The normalized spacial score (nSPS) is 9.73. The van der Waals surface area contributed by atoms with Gasteiger partial charge in [-0.3, -0.25) is 0 Å². The van der Waals surface area contributed by atoms with Crippen LogP contribution in [0.5, 0.6) is 0 Å². The van der Waals surface area contributed by atoms with E-state index >= 15 is 0 Å². The van der Waals surface area contributed by atoms with Crippen LogP contribution in [0.3, 0.4) is 0 Å². The van der Waals surface area contributed by atoms with E-state index in [4.69, 9.17) is 22.0 Å². The number of hydrogen-bond acceptors (Lipinski definition) is 3. The van der Waals surface area contributed by atoms with Crippen molar-refractivity contribution in [3.05, 3.63) is 28.8 Å². The minimum Gasteiger partial charge on any atom is -0.392 e. The van der Waals surface area contributed by atoms with Crippen LogP contribution in [0.15, 0.2) is 18.2 Å². The van der Waals surface area contributed by atoms with Gasteiger partial charge in [0, 0.05) is 29.9 Å². The third-order valence-electron chi connectivity index (χ3n) is 2.18. The summed E-state index contributed by atoms with van der Waals surface area (Å²) in [6.45, 7) is 0.595. The molecular formula is C11H13ClN2O. The highest BCUT2D eigenvalue weighted by Crippen LogP contribution is 2.23. The van der Waals surface area contributed by atoms with Crippen LogP contribution < -0.4 is 4.90 Å². The van der Waals surface area contributed by atoms with Crippen molar-refractivity contribution in [2.24, 2.45) is 0 Å². The average Bonchev–Trinajstić information content (AvgIpc) is 2.25. The third kappa shape index (κ3) is 3.12. The Balaban J connectivity index is 2.88. The van der Waals surface area contributed by atoms with E-state index in [0.29, 0.717) is 18.0 Å². The number of nitrogens with zero attached hydrogens (tertiary/aromatic N) is 2. The molecule has 0 unspecified atom stereocenters. The zero-order valence-electron chi connectivity index (χ0n) is 8.57. The molecule has 0 aliphatic rings. The molecular weight excluding hydrogens is 212 g/mol. The Morgan fingerprint density at radius 1 is 1.53 bits per heavy atom. The Morgan fingerprint density at radius 3 is 2.87 bits per heavy atom. The topological polar surface area (TPSA) is 47.3 Å². The van der Waals surface area contributed by atoms with Crippen LogP contribution in [0.2, 0.25) is 5.02 Å². The van der Waals surface area contributed by atoms with Gasteiger partial charge in [0.2, 0.25) is 0 Å². The molecule has 0 aromatic heterocycles. The summed E-state index contributed by atoms with van der Waals surface area (Å²) in [5, 5.41) is 18.3. The molecule has 0 spiro atoms. The molecule has 0 fully saturated rings. The van der Waals surface area contributed by atoms with E-state index in [1.807, 2.05) is 18.0 Å². The largest absolute Gasteiger partial charge is 0.392 e. The molecule has 1 rings (SSSR count). The van der Waals surface area contributed by atoms with Crippen LogP contribution in [-0.2, 0) is 6.61 Å². The number of benzene rings is 1. The van der Waals surface area contributed by atoms with Gasteiger partial charge in [0.05, 0.1) is 19.1 Å². The van der Waals surface area contributed by atoms with E-state index in [1.54, 1.807) is 12.1 Å². The fourth-order valence-corrected chi connectivity index (χ4v) is 1.59. The molecule has 0 bridgehead atoms. The SMILES string of the molecule is CN(CCC#N)c1ccc(Cl)cc1CO. The fraction of sp³-hybridized carbons (Fsp3) is 0.364. The maximum Gasteiger partial charge on any atom is 0.0702 e. The molecule has 1 aromatic rings. The lowest BCUT2D eigenvalue weighted by Crippen LogP contribution is -2.19. The molecule has 15 heavy (non-hydrogen) atoms. The maximum absolute atomic E-state index is 9.17. The Labute approximate surface area is 94.5 Å². The lowest BCUT2D eigenvalue weighted by molar-refractivity contribution is 0.282. The minimum atomic E-state index is -0.0488. The summed E-state index contributed by atoms with van der Waals surface area (Å²) in [4.78, 5) is 1.94. The van der Waals surface area contributed by atoms with Crippen molar-refractivity contribution in [1.82, 2.24) is 0 Å². The molecule has 0 aliphatic heterocycles. The molecule has 0 aliphatic carbocycles. The Morgan fingerprint density at radius 2 is 2.27 bits per heavy atom. The van der Waals surface area contributed by atoms with Crippen molar-refractivity contribution < 1.29 is 5.11 Å². The maximum atomic E-state index is 9.17. The summed E-state index contributed by atoms with van der Waals surface area (Å²) in [6.07, 6.45) is 0.462. The van der Waals surface area contributed by atoms with Gasteiger partial charge in [0.15, 0.2) is 0 Å².